The summed E-state index contributed by atoms with van der Waals surface area (Å²) in [6, 6.07) is -0.925. The molecule has 0 unspecified atom stereocenters. The van der Waals surface area contributed by atoms with Crippen LogP contribution in [0.15, 0.2) is 12.3 Å². The third kappa shape index (κ3) is 11.6. The van der Waals surface area contributed by atoms with Crippen molar-refractivity contribution < 1.29 is 20.5 Å². The Labute approximate surface area is 126 Å². The molecule has 6 N–H and O–H groups in total. The second kappa shape index (κ2) is 13.1. The van der Waals surface area contributed by atoms with E-state index in [1.807, 2.05) is 6.92 Å². The Morgan fingerprint density at radius 3 is 2.33 bits per heavy atom. The molecule has 1 amide bonds. The van der Waals surface area contributed by atoms with Crippen molar-refractivity contribution in [2.24, 2.45) is 11.5 Å². The van der Waals surface area contributed by atoms with E-state index in [0.717, 1.165) is 0 Å². The number of carbonyl (C=O) groups excluding carboxylic acids is 3. The number of hydrogen-bond acceptors (Lipinski definition) is 7. The molecule has 0 rings (SSSR count). The predicted octanol–water partition coefficient (Wildman–Crippen LogP) is -1.35. The Hall–Kier alpha value is -1.93. The number of ketones is 1. The van der Waals surface area contributed by atoms with Crippen LogP contribution in [0.3, 0.4) is 0 Å². The summed E-state index contributed by atoms with van der Waals surface area (Å²) in [7, 11) is 2.93. The van der Waals surface area contributed by atoms with E-state index in [0.29, 0.717) is 0 Å². The van der Waals surface area contributed by atoms with Gasteiger partial charge < -0.3 is 26.8 Å². The lowest BCUT2D eigenvalue weighted by molar-refractivity contribution is -0.142. The molecule has 0 bridgehead atoms. The lowest BCUT2D eigenvalue weighted by Crippen LogP contribution is -2.44. The van der Waals surface area contributed by atoms with Crippen molar-refractivity contribution in [3.63, 3.8) is 0 Å². The number of allylic oxidation sites excluding steroid dienone is 1. The van der Waals surface area contributed by atoms with Crippen LogP contribution in [0.5, 0.6) is 0 Å². The van der Waals surface area contributed by atoms with Gasteiger partial charge in [-0.1, -0.05) is 6.08 Å². The molecule has 0 saturated carbocycles. The van der Waals surface area contributed by atoms with E-state index in [-0.39, 0.29) is 24.7 Å². The molecule has 0 aliphatic heterocycles. The fourth-order valence-electron chi connectivity index (χ4n) is 1.16. The van der Waals surface area contributed by atoms with Crippen molar-refractivity contribution in [1.82, 2.24) is 10.6 Å². The highest BCUT2D eigenvalue weighted by Crippen LogP contribution is 1.94. The van der Waals surface area contributed by atoms with Crippen LogP contribution in [0, 0.1) is 0 Å². The van der Waals surface area contributed by atoms with Crippen molar-refractivity contribution in [3.8, 4) is 0 Å². The fraction of sp³-hybridized carbons (Fsp3) is 0.615. The zero-order chi connectivity index (χ0) is 17.5. The van der Waals surface area contributed by atoms with Crippen LogP contribution in [-0.4, -0.2) is 50.4 Å². The van der Waals surface area contributed by atoms with Gasteiger partial charge in [0.05, 0.1) is 19.6 Å². The Kier molecular flexibility index (Phi) is 11.9. The maximum Gasteiger partial charge on any atom is 0.307 e. The van der Waals surface area contributed by atoms with Crippen molar-refractivity contribution in [2.75, 3.05) is 20.7 Å². The minimum Gasteiger partial charge on any atom is -0.469 e. The average molecular weight is 304 g/mol. The average Bonchev–Trinajstić information content (AvgIpc) is 2.52. The number of likely N-dealkylation sites (N-methyl/N-ethyl adjacent to an activating group) is 1. The van der Waals surface area contributed by atoms with Crippen LogP contribution in [0.25, 0.3) is 0 Å². The highest BCUT2D eigenvalue weighted by atomic mass is 16.5. The molecule has 0 saturated heterocycles. The first-order valence-electron chi connectivity index (χ1n) is 6.91. The van der Waals surface area contributed by atoms with E-state index < -0.39 is 18.0 Å². The molecule has 0 fully saturated rings. The highest BCUT2D eigenvalue weighted by Gasteiger charge is 2.15. The molecule has 0 aliphatic rings. The quantitative estimate of drug-likeness (QED) is 0.407. The van der Waals surface area contributed by atoms with Crippen LogP contribution in [0.1, 0.15) is 20.3 Å². The Morgan fingerprint density at radius 1 is 1.38 bits per heavy atom. The number of esters is 1. The Balaban J connectivity index is 0. The third-order valence-electron chi connectivity index (χ3n) is 2.45. The molecule has 122 valence electrons. The van der Waals surface area contributed by atoms with Crippen molar-refractivity contribution >= 4 is 17.7 Å². The maximum absolute atomic E-state index is 10.8. The number of ether oxygens (including phenoxy) is 1. The Morgan fingerprint density at radius 2 is 2.00 bits per heavy atom. The van der Waals surface area contributed by atoms with Gasteiger partial charge in [-0.15, -0.1) is 0 Å². The molecule has 21 heavy (non-hydrogen) atoms. The van der Waals surface area contributed by atoms with Gasteiger partial charge in [0.2, 0.25) is 5.91 Å². The van der Waals surface area contributed by atoms with Crippen LogP contribution < -0.4 is 22.1 Å². The second-order valence-corrected chi connectivity index (χ2v) is 4.05. The second-order valence-electron chi connectivity index (χ2n) is 4.05. The van der Waals surface area contributed by atoms with Crippen LogP contribution in [-0.2, 0) is 19.1 Å². The van der Waals surface area contributed by atoms with Gasteiger partial charge in [0.25, 0.3) is 0 Å². The first kappa shape index (κ1) is 19.1. The van der Waals surface area contributed by atoms with E-state index >= 15 is 0 Å². The highest BCUT2D eigenvalue weighted by molar-refractivity contribution is 5.86. The standard InChI is InChI=1S/C7H13NO3.C6H13N3O/c1-5(9)6(8-2)4-7(10)11-3;1-2-3-9-5(4-7)6(8)10/h6,8H,4H2,1-3H3;2-3,5,9H,4,7H2,1H3,(H2,8,10)/t6-;5-/m00/s1/i/hT. The zero-order valence-corrected chi connectivity index (χ0v) is 12.9. The van der Waals surface area contributed by atoms with Gasteiger partial charge in [0.1, 0.15) is 11.8 Å². The van der Waals surface area contributed by atoms with Gasteiger partial charge in [-0.2, -0.15) is 0 Å². The van der Waals surface area contributed by atoms with Crippen LogP contribution in [0.4, 0.5) is 0 Å². The fourth-order valence-corrected chi connectivity index (χ4v) is 1.16. The zero-order valence-electron chi connectivity index (χ0n) is 13.9. The molecule has 0 aliphatic carbocycles. The maximum atomic E-state index is 10.8. The van der Waals surface area contributed by atoms with Gasteiger partial charge in [-0.05, 0) is 27.1 Å². The number of Topliss-reactive ketones (excluding diaryl/α,β-unsaturated/α-hetero) is 1. The summed E-state index contributed by atoms with van der Waals surface area (Å²) < 4.78 is 11.0. The molecule has 0 aromatic carbocycles. The molecular formula is C13H26N4O4. The minimum absolute atomic E-state index is 0.0575. The molecule has 8 nitrogen and oxygen atoms in total. The van der Waals surface area contributed by atoms with Crippen LogP contribution >= 0.6 is 0 Å². The molecule has 0 aromatic heterocycles. The first-order chi connectivity index (χ1) is 10.4. The number of hydrogen-bond donors (Lipinski definition) is 4. The normalized spacial score (nSPS) is 13.3. The molecular weight excluding hydrogens is 276 g/mol. The van der Waals surface area contributed by atoms with E-state index in [4.69, 9.17) is 7.15 Å². The molecule has 0 radical (unpaired) electrons. The number of rotatable bonds is 8. The number of primary amides is 1. The summed E-state index contributed by atoms with van der Waals surface area (Å²) in [6.07, 6.45) is 3.47. The number of nitrogens with two attached hydrogens (primary N) is 2. The van der Waals surface area contributed by atoms with Crippen molar-refractivity contribution in [2.45, 2.75) is 32.4 Å². The molecule has 0 heterocycles. The monoisotopic (exact) mass is 304 g/mol. The smallest absolute Gasteiger partial charge is 0.307 e. The summed E-state index contributed by atoms with van der Waals surface area (Å²) in [5, 5.41) is 5.45. The Bertz CT molecular complexity index is 377. The SMILES string of the molecule is CN[C@@H](CC(=O)OC)C(C)=O.[3H]NC(=O)[C@H](CN)NC=CC. The van der Waals surface area contributed by atoms with Gasteiger partial charge in [-0.3, -0.25) is 14.4 Å². The molecule has 0 spiro atoms. The number of nitrogens with one attached hydrogen (secondary N) is 2. The van der Waals surface area contributed by atoms with Gasteiger partial charge in [0.15, 0.2) is 1.41 Å². The summed E-state index contributed by atoms with van der Waals surface area (Å²) >= 11 is 0. The van der Waals surface area contributed by atoms with Gasteiger partial charge in [-0.25, -0.2) is 0 Å². The molecule has 0 aromatic rings. The van der Waals surface area contributed by atoms with Crippen molar-refractivity contribution in [1.29, 1.82) is 0 Å². The summed E-state index contributed by atoms with van der Waals surface area (Å²) in [6.45, 7) is 3.43. The topological polar surface area (TPSA) is 137 Å². The molecule has 8 heteroatoms. The lowest BCUT2D eigenvalue weighted by Gasteiger charge is -2.09. The van der Waals surface area contributed by atoms with E-state index in [9.17, 15) is 14.4 Å². The first-order valence-corrected chi connectivity index (χ1v) is 6.41. The number of amides is 1. The van der Waals surface area contributed by atoms with Crippen LogP contribution in [0.2, 0.25) is 1.41 Å². The minimum atomic E-state index is -0.510. The largest absolute Gasteiger partial charge is 0.469 e. The number of carbonyl (C=O) groups is 3. The van der Waals surface area contributed by atoms with Gasteiger partial charge >= 0.3 is 5.97 Å². The number of methoxy groups -OCH3 is 1. The molecule has 2 atom stereocenters. The van der Waals surface area contributed by atoms with E-state index in [2.05, 4.69) is 15.4 Å². The summed E-state index contributed by atoms with van der Waals surface area (Å²) in [5.41, 5.74) is 7.01. The summed E-state index contributed by atoms with van der Waals surface area (Å²) in [4.78, 5) is 32.2. The third-order valence-corrected chi connectivity index (χ3v) is 2.45. The van der Waals surface area contributed by atoms with E-state index in [1.54, 1.807) is 25.1 Å². The predicted molar refractivity (Wildman–Crippen MR) is 80.1 cm³/mol. The van der Waals surface area contributed by atoms with E-state index in [1.165, 1.54) is 14.0 Å². The summed E-state index contributed by atoms with van der Waals surface area (Å²) in [5.74, 6) is -0.858. The van der Waals surface area contributed by atoms with Crippen molar-refractivity contribution in [3.05, 3.63) is 12.3 Å². The van der Waals surface area contributed by atoms with Gasteiger partial charge in [0, 0.05) is 6.54 Å². The lowest BCUT2D eigenvalue weighted by atomic mass is 10.1.